The molecule has 9 heteroatoms. The molecule has 0 aliphatic carbocycles. The molecule has 2 N–H and O–H groups in total. The van der Waals surface area contributed by atoms with E-state index in [2.05, 4.69) is 20.7 Å². The predicted molar refractivity (Wildman–Crippen MR) is 64.5 cm³/mol. The molecule has 5 nitrogen and oxygen atoms in total. The summed E-state index contributed by atoms with van der Waals surface area (Å²) < 4.78 is 26.2. The Kier molecular flexibility index (Phi) is 4.74. The van der Waals surface area contributed by atoms with Crippen molar-refractivity contribution in [2.24, 2.45) is 0 Å². The Hall–Kier alpha value is -0.150. The Morgan fingerprint density at radius 2 is 2.25 bits per heavy atom. The normalized spacial score (nSPS) is 11.6. The Labute approximate surface area is 110 Å². The number of sulfonamides is 1. The van der Waals surface area contributed by atoms with E-state index in [0.717, 1.165) is 11.3 Å². The Morgan fingerprint density at radius 1 is 1.62 bits per heavy atom. The van der Waals surface area contributed by atoms with Crippen LogP contribution in [-0.4, -0.2) is 26.0 Å². The molecule has 0 unspecified atom stereocenters. The molecule has 0 saturated heterocycles. The van der Waals surface area contributed by atoms with Crippen molar-refractivity contribution < 1.29 is 18.3 Å². The maximum atomic E-state index is 11.6. The average Bonchev–Trinajstić information content (AvgIpc) is 2.44. The number of hydrogen-bond acceptors (Lipinski definition) is 4. The van der Waals surface area contributed by atoms with Crippen LogP contribution in [0.25, 0.3) is 0 Å². The Bertz CT molecular complexity index is 498. The SMILES string of the molecule is O=C(O)CCNS(=O)(=O)c1cc(Br)sc1Cl. The van der Waals surface area contributed by atoms with Crippen LogP contribution in [0.15, 0.2) is 14.7 Å². The molecule has 0 saturated carbocycles. The van der Waals surface area contributed by atoms with Crippen LogP contribution in [0.3, 0.4) is 0 Å². The summed E-state index contributed by atoms with van der Waals surface area (Å²) >= 11 is 9.92. The zero-order valence-corrected chi connectivity index (χ0v) is 11.7. The molecule has 1 aromatic heterocycles. The molecule has 1 rings (SSSR count). The van der Waals surface area contributed by atoms with Crippen LogP contribution in [-0.2, 0) is 14.8 Å². The molecule has 16 heavy (non-hydrogen) atoms. The highest BCUT2D eigenvalue weighted by molar-refractivity contribution is 9.11. The molecule has 0 aromatic carbocycles. The van der Waals surface area contributed by atoms with Gasteiger partial charge in [0.2, 0.25) is 10.0 Å². The molecular formula is C7H7BrClNO4S2. The van der Waals surface area contributed by atoms with Gasteiger partial charge in [-0.05, 0) is 22.0 Å². The third-order valence-electron chi connectivity index (χ3n) is 1.55. The molecule has 0 aliphatic rings. The van der Waals surface area contributed by atoms with Crippen LogP contribution in [0.2, 0.25) is 4.34 Å². The van der Waals surface area contributed by atoms with Crippen molar-refractivity contribution in [3.8, 4) is 0 Å². The molecule has 0 bridgehead atoms. The number of nitrogens with one attached hydrogen (secondary N) is 1. The van der Waals surface area contributed by atoms with E-state index >= 15 is 0 Å². The number of halogens is 2. The van der Waals surface area contributed by atoms with Gasteiger partial charge in [0.1, 0.15) is 9.23 Å². The van der Waals surface area contributed by atoms with Crippen molar-refractivity contribution in [2.75, 3.05) is 6.54 Å². The van der Waals surface area contributed by atoms with Gasteiger partial charge in [0.05, 0.1) is 10.2 Å². The highest BCUT2D eigenvalue weighted by atomic mass is 79.9. The zero-order chi connectivity index (χ0) is 12.3. The van der Waals surface area contributed by atoms with Crippen molar-refractivity contribution in [3.05, 3.63) is 14.2 Å². The van der Waals surface area contributed by atoms with Crippen LogP contribution < -0.4 is 4.72 Å². The summed E-state index contributed by atoms with van der Waals surface area (Å²) in [5, 5.41) is 8.37. The highest BCUT2D eigenvalue weighted by Gasteiger charge is 2.20. The number of carboxylic acid groups (broad SMARTS) is 1. The molecule has 90 valence electrons. The first-order valence-corrected chi connectivity index (χ1v) is 7.46. The summed E-state index contributed by atoms with van der Waals surface area (Å²) in [6.45, 7) is -0.165. The van der Waals surface area contributed by atoms with Gasteiger partial charge in [0, 0.05) is 6.54 Å². The summed E-state index contributed by atoms with van der Waals surface area (Å²) in [6.07, 6.45) is -0.276. The van der Waals surface area contributed by atoms with Crippen molar-refractivity contribution >= 4 is 54.9 Å². The minimum absolute atomic E-state index is 0.0450. The standard InChI is InChI=1S/C7H7BrClNO4S2/c8-5-3-4(7(9)15-5)16(13,14)10-2-1-6(11)12/h3,10H,1-2H2,(H,11,12). The Morgan fingerprint density at radius 3 is 2.69 bits per heavy atom. The van der Waals surface area contributed by atoms with Crippen molar-refractivity contribution in [3.63, 3.8) is 0 Å². The van der Waals surface area contributed by atoms with Crippen LogP contribution >= 0.6 is 38.9 Å². The predicted octanol–water partition coefficient (Wildman–Crippen LogP) is 1.92. The fraction of sp³-hybridized carbons (Fsp3) is 0.286. The van der Waals surface area contributed by atoms with Gasteiger partial charge in [-0.3, -0.25) is 4.79 Å². The molecule has 0 atom stereocenters. The number of hydrogen-bond donors (Lipinski definition) is 2. The molecule has 0 spiro atoms. The van der Waals surface area contributed by atoms with Crippen LogP contribution in [0.5, 0.6) is 0 Å². The number of carboxylic acids is 1. The minimum atomic E-state index is -3.73. The second-order valence-corrected chi connectivity index (χ2v) is 7.50. The van der Waals surface area contributed by atoms with E-state index in [1.807, 2.05) is 0 Å². The van der Waals surface area contributed by atoms with Crippen LogP contribution in [0.1, 0.15) is 6.42 Å². The van der Waals surface area contributed by atoms with E-state index in [0.29, 0.717) is 3.79 Å². The van der Waals surface area contributed by atoms with Crippen molar-refractivity contribution in [2.45, 2.75) is 11.3 Å². The van der Waals surface area contributed by atoms with Gasteiger partial charge in [-0.15, -0.1) is 11.3 Å². The highest BCUT2D eigenvalue weighted by Crippen LogP contribution is 2.34. The topological polar surface area (TPSA) is 83.5 Å². The van der Waals surface area contributed by atoms with Crippen molar-refractivity contribution in [1.82, 2.24) is 4.72 Å². The maximum absolute atomic E-state index is 11.6. The lowest BCUT2D eigenvalue weighted by Gasteiger charge is -2.03. The first-order valence-electron chi connectivity index (χ1n) is 3.99. The smallest absolute Gasteiger partial charge is 0.304 e. The van der Waals surface area contributed by atoms with Gasteiger partial charge in [0.25, 0.3) is 0 Å². The zero-order valence-electron chi connectivity index (χ0n) is 7.74. The maximum Gasteiger partial charge on any atom is 0.304 e. The van der Waals surface area contributed by atoms with Crippen LogP contribution in [0, 0.1) is 0 Å². The molecule has 0 radical (unpaired) electrons. The summed E-state index contributed by atoms with van der Waals surface area (Å²) in [6, 6.07) is 1.37. The van der Waals surface area contributed by atoms with Gasteiger partial charge < -0.3 is 5.11 Å². The third kappa shape index (κ3) is 3.70. The molecule has 1 heterocycles. The quantitative estimate of drug-likeness (QED) is 0.851. The Balaban J connectivity index is 2.78. The monoisotopic (exact) mass is 347 g/mol. The first kappa shape index (κ1) is 13.9. The average molecular weight is 349 g/mol. The number of carbonyl (C=O) groups is 1. The largest absolute Gasteiger partial charge is 0.481 e. The number of aliphatic carboxylic acids is 1. The fourth-order valence-electron chi connectivity index (χ4n) is 0.878. The van der Waals surface area contributed by atoms with Gasteiger partial charge in [-0.2, -0.15) is 0 Å². The first-order chi connectivity index (χ1) is 7.33. The fourth-order valence-corrected chi connectivity index (χ4v) is 4.68. The van der Waals surface area contributed by atoms with E-state index in [9.17, 15) is 13.2 Å². The number of thiophene rings is 1. The molecule has 0 amide bonds. The van der Waals surface area contributed by atoms with Gasteiger partial charge >= 0.3 is 5.97 Å². The summed E-state index contributed by atoms with van der Waals surface area (Å²) in [5.41, 5.74) is 0. The lowest BCUT2D eigenvalue weighted by atomic mass is 10.5. The number of rotatable bonds is 5. The molecular weight excluding hydrogens is 342 g/mol. The van der Waals surface area contributed by atoms with Crippen molar-refractivity contribution in [1.29, 1.82) is 0 Å². The molecule has 0 fully saturated rings. The molecule has 1 aromatic rings. The van der Waals surface area contributed by atoms with Gasteiger partial charge in [-0.25, -0.2) is 13.1 Å². The lowest BCUT2D eigenvalue weighted by molar-refractivity contribution is -0.136. The second kappa shape index (κ2) is 5.46. The summed E-state index contributed by atoms with van der Waals surface area (Å²) in [7, 11) is -3.73. The summed E-state index contributed by atoms with van der Waals surface area (Å²) in [5.74, 6) is -1.07. The van der Waals surface area contributed by atoms with E-state index in [1.54, 1.807) is 0 Å². The third-order valence-corrected chi connectivity index (χ3v) is 5.13. The van der Waals surface area contributed by atoms with Gasteiger partial charge in [-0.1, -0.05) is 11.6 Å². The van der Waals surface area contributed by atoms with Crippen LogP contribution in [0.4, 0.5) is 0 Å². The van der Waals surface area contributed by atoms with E-state index in [1.165, 1.54) is 6.07 Å². The lowest BCUT2D eigenvalue weighted by Crippen LogP contribution is -2.26. The molecule has 0 aliphatic heterocycles. The second-order valence-electron chi connectivity index (χ2n) is 2.73. The summed E-state index contributed by atoms with van der Waals surface area (Å²) in [4.78, 5) is 10.2. The van der Waals surface area contributed by atoms with E-state index < -0.39 is 16.0 Å². The van der Waals surface area contributed by atoms with E-state index in [4.69, 9.17) is 16.7 Å². The minimum Gasteiger partial charge on any atom is -0.481 e. The van der Waals surface area contributed by atoms with Gasteiger partial charge in [0.15, 0.2) is 0 Å². The van der Waals surface area contributed by atoms with E-state index in [-0.39, 0.29) is 22.2 Å².